The van der Waals surface area contributed by atoms with Crippen LogP contribution in [0.15, 0.2) is 48.5 Å². The number of aromatic nitrogens is 1. The van der Waals surface area contributed by atoms with E-state index in [1.807, 2.05) is 30.3 Å². The fourth-order valence-electron chi connectivity index (χ4n) is 2.02. The van der Waals surface area contributed by atoms with Gasteiger partial charge >= 0.3 is 5.97 Å². The third kappa shape index (κ3) is 3.03. The molecule has 0 unspecified atom stereocenters. The van der Waals surface area contributed by atoms with Gasteiger partial charge in [-0.1, -0.05) is 41.7 Å². The van der Waals surface area contributed by atoms with Gasteiger partial charge in [-0.15, -0.1) is 0 Å². The molecule has 1 aromatic heterocycles. The monoisotopic (exact) mass is 298 g/mol. The second kappa shape index (κ2) is 5.93. The molecule has 0 atom stereocenters. The highest BCUT2D eigenvalue weighted by molar-refractivity contribution is 7.22. The van der Waals surface area contributed by atoms with Gasteiger partial charge < -0.3 is 10.1 Å². The summed E-state index contributed by atoms with van der Waals surface area (Å²) in [5, 5.41) is 4.15. The van der Waals surface area contributed by atoms with Crippen LogP contribution >= 0.6 is 11.3 Å². The van der Waals surface area contributed by atoms with Crippen molar-refractivity contribution in [2.75, 3.05) is 12.4 Å². The van der Waals surface area contributed by atoms with Gasteiger partial charge in [0.2, 0.25) is 0 Å². The summed E-state index contributed by atoms with van der Waals surface area (Å²) in [6, 6.07) is 15.5. The molecule has 3 aromatic rings. The fraction of sp³-hybridized carbons (Fsp3) is 0.125. The van der Waals surface area contributed by atoms with Gasteiger partial charge in [-0.3, -0.25) is 0 Å². The van der Waals surface area contributed by atoms with Gasteiger partial charge in [0.15, 0.2) is 5.13 Å². The van der Waals surface area contributed by atoms with Gasteiger partial charge in [0.05, 0.1) is 22.9 Å². The maximum absolute atomic E-state index is 11.5. The molecule has 0 aliphatic rings. The van der Waals surface area contributed by atoms with E-state index in [-0.39, 0.29) is 5.97 Å². The molecule has 5 heteroatoms. The Bertz CT molecular complexity index is 768. The Hall–Kier alpha value is -2.40. The van der Waals surface area contributed by atoms with Crippen LogP contribution in [0, 0.1) is 0 Å². The summed E-state index contributed by atoms with van der Waals surface area (Å²) in [6.45, 7) is 0.727. The third-order valence-corrected chi connectivity index (χ3v) is 4.07. The largest absolute Gasteiger partial charge is 0.465 e. The first-order valence-corrected chi connectivity index (χ1v) is 7.34. The fourth-order valence-corrected chi connectivity index (χ4v) is 2.92. The van der Waals surface area contributed by atoms with Gasteiger partial charge in [-0.2, -0.15) is 0 Å². The van der Waals surface area contributed by atoms with Crippen molar-refractivity contribution in [2.45, 2.75) is 6.54 Å². The van der Waals surface area contributed by atoms with Crippen molar-refractivity contribution < 1.29 is 9.53 Å². The molecule has 0 bridgehead atoms. The number of methoxy groups -OCH3 is 1. The summed E-state index contributed by atoms with van der Waals surface area (Å²) in [5.74, 6) is -0.330. The number of nitrogens with one attached hydrogen (secondary N) is 1. The molecular weight excluding hydrogens is 284 g/mol. The molecule has 0 saturated heterocycles. The number of rotatable bonds is 4. The van der Waals surface area contributed by atoms with E-state index in [4.69, 9.17) is 4.74 Å². The zero-order valence-electron chi connectivity index (χ0n) is 11.5. The van der Waals surface area contributed by atoms with Crippen LogP contribution in [0.4, 0.5) is 5.13 Å². The Morgan fingerprint density at radius 3 is 2.81 bits per heavy atom. The number of nitrogens with zero attached hydrogens (tertiary/aromatic N) is 1. The van der Waals surface area contributed by atoms with Gasteiger partial charge in [0.1, 0.15) is 0 Å². The lowest BCUT2D eigenvalue weighted by molar-refractivity contribution is 0.0601. The predicted molar refractivity (Wildman–Crippen MR) is 84.7 cm³/mol. The molecule has 2 aromatic carbocycles. The van der Waals surface area contributed by atoms with Crippen molar-refractivity contribution in [3.63, 3.8) is 0 Å². The molecule has 106 valence electrons. The number of hydrogen-bond donors (Lipinski definition) is 1. The number of thiazole rings is 1. The summed E-state index contributed by atoms with van der Waals surface area (Å²) in [4.78, 5) is 16.0. The molecule has 3 rings (SSSR count). The van der Waals surface area contributed by atoms with E-state index < -0.39 is 0 Å². The second-order valence-electron chi connectivity index (χ2n) is 4.53. The quantitative estimate of drug-likeness (QED) is 0.746. The average Bonchev–Trinajstić information content (AvgIpc) is 2.95. The van der Waals surface area contributed by atoms with Crippen molar-refractivity contribution in [3.05, 3.63) is 59.7 Å². The normalized spacial score (nSPS) is 10.5. The molecule has 0 amide bonds. The van der Waals surface area contributed by atoms with Crippen molar-refractivity contribution in [2.24, 2.45) is 0 Å². The first kappa shape index (κ1) is 13.6. The molecule has 0 fully saturated rings. The first-order valence-electron chi connectivity index (χ1n) is 6.53. The van der Waals surface area contributed by atoms with Crippen LogP contribution < -0.4 is 5.32 Å². The van der Waals surface area contributed by atoms with E-state index in [1.165, 1.54) is 24.0 Å². The molecule has 0 radical (unpaired) electrons. The van der Waals surface area contributed by atoms with E-state index in [1.54, 1.807) is 6.07 Å². The number of benzene rings is 2. The van der Waals surface area contributed by atoms with E-state index in [0.29, 0.717) is 5.56 Å². The minimum absolute atomic E-state index is 0.330. The van der Waals surface area contributed by atoms with Crippen LogP contribution in [0.1, 0.15) is 15.9 Å². The molecular formula is C16H14N2O2S. The van der Waals surface area contributed by atoms with Crippen molar-refractivity contribution in [1.29, 1.82) is 0 Å². The van der Waals surface area contributed by atoms with Crippen molar-refractivity contribution >= 4 is 32.7 Å². The Morgan fingerprint density at radius 2 is 2.05 bits per heavy atom. The highest BCUT2D eigenvalue weighted by atomic mass is 32.1. The number of anilines is 1. The van der Waals surface area contributed by atoms with Gasteiger partial charge in [-0.05, 0) is 23.8 Å². The van der Waals surface area contributed by atoms with Crippen LogP contribution in [-0.4, -0.2) is 18.1 Å². The van der Waals surface area contributed by atoms with Crippen LogP contribution in [0.2, 0.25) is 0 Å². The number of carbonyl (C=O) groups is 1. The van der Waals surface area contributed by atoms with E-state index >= 15 is 0 Å². The van der Waals surface area contributed by atoms with E-state index in [9.17, 15) is 4.79 Å². The highest BCUT2D eigenvalue weighted by Crippen LogP contribution is 2.27. The van der Waals surface area contributed by atoms with Crippen molar-refractivity contribution in [1.82, 2.24) is 4.98 Å². The molecule has 1 N–H and O–H groups in total. The van der Waals surface area contributed by atoms with E-state index in [2.05, 4.69) is 22.4 Å². The lowest BCUT2D eigenvalue weighted by Crippen LogP contribution is -1.99. The Labute approximate surface area is 126 Å². The number of hydrogen-bond acceptors (Lipinski definition) is 5. The van der Waals surface area contributed by atoms with E-state index in [0.717, 1.165) is 21.9 Å². The lowest BCUT2D eigenvalue weighted by Gasteiger charge is -2.01. The molecule has 0 spiro atoms. The molecule has 0 aliphatic heterocycles. The molecule has 0 aliphatic carbocycles. The highest BCUT2D eigenvalue weighted by Gasteiger charge is 2.09. The average molecular weight is 298 g/mol. The number of esters is 1. The molecule has 0 saturated carbocycles. The maximum atomic E-state index is 11.5. The first-order chi connectivity index (χ1) is 10.3. The van der Waals surface area contributed by atoms with Crippen LogP contribution in [0.5, 0.6) is 0 Å². The minimum Gasteiger partial charge on any atom is -0.465 e. The summed E-state index contributed by atoms with van der Waals surface area (Å²) >= 11 is 1.53. The van der Waals surface area contributed by atoms with Crippen molar-refractivity contribution in [3.8, 4) is 0 Å². The number of carbonyl (C=O) groups excluding carboxylic acids is 1. The zero-order chi connectivity index (χ0) is 14.7. The standard InChI is InChI=1S/C16H14N2O2S/c1-20-15(19)12-7-8-13-14(9-12)21-16(18-13)17-10-11-5-3-2-4-6-11/h2-9H,10H2,1H3,(H,17,18). The van der Waals surface area contributed by atoms with Gasteiger partial charge in [-0.25, -0.2) is 9.78 Å². The third-order valence-electron chi connectivity index (χ3n) is 3.10. The van der Waals surface area contributed by atoms with Crippen LogP contribution in [-0.2, 0) is 11.3 Å². The molecule has 1 heterocycles. The number of fused-ring (bicyclic) bond motifs is 1. The lowest BCUT2D eigenvalue weighted by atomic mass is 10.2. The number of ether oxygens (including phenoxy) is 1. The summed E-state index contributed by atoms with van der Waals surface area (Å²) in [6.07, 6.45) is 0. The second-order valence-corrected chi connectivity index (χ2v) is 5.56. The predicted octanol–water partition coefficient (Wildman–Crippen LogP) is 3.70. The Morgan fingerprint density at radius 1 is 1.24 bits per heavy atom. The van der Waals surface area contributed by atoms with Crippen LogP contribution in [0.25, 0.3) is 10.2 Å². The summed E-state index contributed by atoms with van der Waals surface area (Å²) in [5.41, 5.74) is 2.62. The minimum atomic E-state index is -0.330. The topological polar surface area (TPSA) is 51.2 Å². The summed E-state index contributed by atoms with van der Waals surface area (Å²) in [7, 11) is 1.38. The SMILES string of the molecule is COC(=O)c1ccc2nc(NCc3ccccc3)sc2c1. The van der Waals surface area contributed by atoms with Crippen LogP contribution in [0.3, 0.4) is 0 Å². The van der Waals surface area contributed by atoms with Gasteiger partial charge in [0.25, 0.3) is 0 Å². The molecule has 4 nitrogen and oxygen atoms in total. The van der Waals surface area contributed by atoms with Gasteiger partial charge in [0, 0.05) is 6.54 Å². The molecule has 21 heavy (non-hydrogen) atoms. The maximum Gasteiger partial charge on any atom is 0.337 e. The Kier molecular flexibility index (Phi) is 3.83. The summed E-state index contributed by atoms with van der Waals surface area (Å²) < 4.78 is 5.69. The Balaban J connectivity index is 1.79. The smallest absolute Gasteiger partial charge is 0.337 e. The zero-order valence-corrected chi connectivity index (χ0v) is 12.3.